The van der Waals surface area contributed by atoms with E-state index in [9.17, 15) is 0 Å². The van der Waals surface area contributed by atoms with Crippen molar-refractivity contribution in [3.05, 3.63) is 182 Å². The van der Waals surface area contributed by atoms with Gasteiger partial charge in [-0.05, 0) is 79.2 Å². The van der Waals surface area contributed by atoms with Gasteiger partial charge in [-0.15, -0.1) is 0 Å². The van der Waals surface area contributed by atoms with E-state index in [2.05, 4.69) is 189 Å². The van der Waals surface area contributed by atoms with Crippen molar-refractivity contribution in [3.63, 3.8) is 0 Å². The summed E-state index contributed by atoms with van der Waals surface area (Å²) in [7, 11) is -4.50. The van der Waals surface area contributed by atoms with Crippen LogP contribution >= 0.6 is 14.5 Å². The molecule has 0 nitrogen and oxygen atoms in total. The van der Waals surface area contributed by atoms with Crippen LogP contribution in [-0.4, -0.2) is 5.40 Å². The predicted molar refractivity (Wildman–Crippen MR) is 189 cm³/mol. The van der Waals surface area contributed by atoms with Crippen molar-refractivity contribution in [1.82, 2.24) is 0 Å². The zero-order chi connectivity index (χ0) is 28.7. The lowest BCUT2D eigenvalue weighted by Gasteiger charge is -2.41. The molecule has 0 atom stereocenters. The van der Waals surface area contributed by atoms with Crippen molar-refractivity contribution in [2.24, 2.45) is 0 Å². The van der Waals surface area contributed by atoms with Gasteiger partial charge in [-0.25, -0.2) is 0 Å². The summed E-state index contributed by atoms with van der Waals surface area (Å²) >= 11 is 0. The molecule has 0 aliphatic carbocycles. The summed E-state index contributed by atoms with van der Waals surface area (Å²) in [6.07, 6.45) is 2.21. The maximum absolute atomic E-state index is 2.41. The van der Waals surface area contributed by atoms with Gasteiger partial charge < -0.3 is 0 Å². The van der Waals surface area contributed by atoms with Gasteiger partial charge in [0.05, 0.1) is 0 Å². The van der Waals surface area contributed by atoms with Crippen molar-refractivity contribution < 1.29 is 0 Å². The molecule has 0 N–H and O–H groups in total. The molecule has 2 heteroatoms. The molecule has 0 aromatic heterocycles. The summed E-state index contributed by atoms with van der Waals surface area (Å²) in [6.45, 7) is 2.37. The quantitative estimate of drug-likeness (QED) is 0.144. The average molecular weight is 581 g/mol. The smallest absolute Gasteiger partial charge is 0.0651 e. The predicted octanol–water partition coefficient (Wildman–Crippen LogP) is 8.10. The summed E-state index contributed by atoms with van der Waals surface area (Å²) < 4.78 is 0. The average Bonchev–Trinajstić information content (AvgIpc) is 3.08. The molecule has 0 aliphatic heterocycles. The lowest BCUT2D eigenvalue weighted by atomic mass is 10.3. The molecule has 0 fully saturated rings. The van der Waals surface area contributed by atoms with Crippen LogP contribution in [0, 0.1) is 0 Å². The molecular weight excluding hydrogens is 542 g/mol. The number of benzene rings is 6. The Labute approximate surface area is 252 Å². The monoisotopic (exact) mass is 580 g/mol. The van der Waals surface area contributed by atoms with Gasteiger partial charge in [0.2, 0.25) is 0 Å². The molecule has 0 spiro atoms. The molecule has 6 aromatic carbocycles. The highest BCUT2D eigenvalue weighted by atomic mass is 31.2. The van der Waals surface area contributed by atoms with Crippen molar-refractivity contribution in [2.75, 3.05) is 0 Å². The molecule has 6 rings (SSSR count). The zero-order valence-electron chi connectivity index (χ0n) is 24.2. The van der Waals surface area contributed by atoms with Gasteiger partial charge in [0.25, 0.3) is 0 Å². The number of hydrogen-bond acceptors (Lipinski definition) is 0. The first-order valence-electron chi connectivity index (χ1n) is 14.9. The fourth-order valence-electron chi connectivity index (χ4n) is 6.81. The largest absolute Gasteiger partial charge is 0.197 e. The Morgan fingerprint density at radius 3 is 0.690 bits per heavy atom. The van der Waals surface area contributed by atoms with Gasteiger partial charge in [-0.3, -0.25) is 0 Å². The van der Waals surface area contributed by atoms with Gasteiger partial charge in [0, 0.05) is 6.42 Å². The Morgan fingerprint density at radius 1 is 0.333 bits per heavy atom. The molecule has 0 saturated heterocycles. The van der Waals surface area contributed by atoms with Crippen molar-refractivity contribution in [1.29, 1.82) is 0 Å². The Balaban J connectivity index is 1.85. The topological polar surface area (TPSA) is 0 Å². The minimum atomic E-state index is -2.25. The van der Waals surface area contributed by atoms with Gasteiger partial charge in [0.15, 0.2) is 19.9 Å². The normalized spacial score (nSPS) is 11.9. The van der Waals surface area contributed by atoms with E-state index < -0.39 is 14.5 Å². The van der Waals surface area contributed by atoms with E-state index in [4.69, 9.17) is 0 Å². The van der Waals surface area contributed by atoms with Gasteiger partial charge in [-0.2, -0.15) is 0 Å². The molecular formula is C40H38P2+2. The highest BCUT2D eigenvalue weighted by Gasteiger charge is 2.67. The third kappa shape index (κ3) is 4.94. The fourth-order valence-corrected chi connectivity index (χ4v) is 20.3. The first-order chi connectivity index (χ1) is 20.8. The van der Waals surface area contributed by atoms with Crippen molar-refractivity contribution >= 4 is 46.4 Å². The first kappa shape index (κ1) is 28.3. The van der Waals surface area contributed by atoms with E-state index in [0.717, 1.165) is 12.8 Å². The number of rotatable bonds is 10. The SMILES string of the molecule is CCCC([P+](c1ccccc1)(c1ccccc1)c1ccccc1)[P+](c1ccccc1)(c1ccccc1)c1ccccc1. The van der Waals surface area contributed by atoms with E-state index in [1.54, 1.807) is 0 Å². The van der Waals surface area contributed by atoms with Crippen LogP contribution in [0.3, 0.4) is 0 Å². The Morgan fingerprint density at radius 2 is 0.524 bits per heavy atom. The van der Waals surface area contributed by atoms with E-state index in [0.29, 0.717) is 5.40 Å². The summed E-state index contributed by atoms with van der Waals surface area (Å²) in [6, 6.07) is 68.8. The molecule has 206 valence electrons. The van der Waals surface area contributed by atoms with Crippen LogP contribution in [0.25, 0.3) is 0 Å². The van der Waals surface area contributed by atoms with Crippen LogP contribution in [0.5, 0.6) is 0 Å². The molecule has 0 heterocycles. The van der Waals surface area contributed by atoms with E-state index in [1.165, 1.54) is 31.8 Å². The lowest BCUT2D eigenvalue weighted by molar-refractivity contribution is 0.858. The van der Waals surface area contributed by atoms with Crippen LogP contribution in [0.1, 0.15) is 19.8 Å². The second-order valence-corrected chi connectivity index (χ2v) is 18.4. The highest BCUT2D eigenvalue weighted by Crippen LogP contribution is 2.77. The Bertz CT molecular complexity index is 1330. The number of hydrogen-bond donors (Lipinski definition) is 0. The molecule has 6 aromatic rings. The minimum absolute atomic E-state index is 0.342. The molecule has 0 radical (unpaired) electrons. The minimum Gasteiger partial charge on any atom is -0.0651 e. The Hall–Kier alpha value is -3.82. The maximum atomic E-state index is 2.41. The molecule has 0 amide bonds. The van der Waals surface area contributed by atoms with Crippen LogP contribution in [0.2, 0.25) is 0 Å². The molecule has 42 heavy (non-hydrogen) atoms. The van der Waals surface area contributed by atoms with Gasteiger partial charge in [-0.1, -0.05) is 116 Å². The molecule has 0 bridgehead atoms. The van der Waals surface area contributed by atoms with Crippen molar-refractivity contribution in [3.8, 4) is 0 Å². The summed E-state index contributed by atoms with van der Waals surface area (Å²) in [5.74, 6) is 0. The fraction of sp³-hybridized carbons (Fsp3) is 0.100. The van der Waals surface area contributed by atoms with Crippen molar-refractivity contribution in [2.45, 2.75) is 25.2 Å². The van der Waals surface area contributed by atoms with E-state index in [1.807, 2.05) is 0 Å². The third-order valence-corrected chi connectivity index (χ3v) is 19.5. The second-order valence-electron chi connectivity index (χ2n) is 10.7. The van der Waals surface area contributed by atoms with Gasteiger partial charge in [0.1, 0.15) is 31.8 Å². The Kier molecular flexibility index (Phi) is 8.76. The lowest BCUT2D eigenvalue weighted by Crippen LogP contribution is -2.47. The molecule has 0 saturated carbocycles. The van der Waals surface area contributed by atoms with Crippen LogP contribution < -0.4 is 31.8 Å². The maximum Gasteiger partial charge on any atom is 0.197 e. The summed E-state index contributed by atoms with van der Waals surface area (Å²) in [5, 5.41) is 9.05. The zero-order valence-corrected chi connectivity index (χ0v) is 26.0. The van der Waals surface area contributed by atoms with Crippen LogP contribution in [-0.2, 0) is 0 Å². The standard InChI is InChI=1S/C40H38P2/c1-2-21-40(41(34-22-9-3-10-23-34,35-24-11-4-12-25-35)36-26-13-5-14-27-36)42(37-28-15-6-16-29-37,38-30-17-7-18-31-38)39-32-19-8-20-33-39/h3-20,22-33,40H,2,21H2,1H3/q+2. The summed E-state index contributed by atoms with van der Waals surface area (Å²) in [4.78, 5) is 0. The van der Waals surface area contributed by atoms with E-state index >= 15 is 0 Å². The van der Waals surface area contributed by atoms with Crippen LogP contribution in [0.4, 0.5) is 0 Å². The highest BCUT2D eigenvalue weighted by molar-refractivity contribution is 8.11. The first-order valence-corrected chi connectivity index (χ1v) is 18.7. The van der Waals surface area contributed by atoms with E-state index in [-0.39, 0.29) is 0 Å². The second kappa shape index (κ2) is 13.0. The van der Waals surface area contributed by atoms with Gasteiger partial charge >= 0.3 is 0 Å². The summed E-state index contributed by atoms with van der Waals surface area (Å²) in [5.41, 5.74) is 0. The third-order valence-electron chi connectivity index (χ3n) is 8.42. The molecule has 0 unspecified atom stereocenters. The molecule has 0 aliphatic rings. The van der Waals surface area contributed by atoms with Crippen LogP contribution in [0.15, 0.2) is 182 Å².